The lowest BCUT2D eigenvalue weighted by atomic mass is 9.92. The van der Waals surface area contributed by atoms with Gasteiger partial charge in [-0.25, -0.2) is 29.2 Å². The number of carbonyl (C=O) groups excluding carboxylic acids is 4. The lowest BCUT2D eigenvalue weighted by Crippen LogP contribution is -2.20. The van der Waals surface area contributed by atoms with E-state index in [0.29, 0.717) is 18.5 Å². The van der Waals surface area contributed by atoms with Crippen LogP contribution in [0.4, 0.5) is 0 Å². The van der Waals surface area contributed by atoms with E-state index in [1.807, 2.05) is 0 Å². The molecule has 3 unspecified atom stereocenters. The molecule has 3 atom stereocenters. The minimum atomic E-state index is -0.139. The van der Waals surface area contributed by atoms with Crippen LogP contribution >= 0.6 is 0 Å². The maximum Gasteiger partial charge on any atom is 0.240 e. The van der Waals surface area contributed by atoms with E-state index in [4.69, 9.17) is 0 Å². The molecule has 2 aliphatic carbocycles. The number of nitrogens with zero attached hydrogens (tertiary/aromatic N) is 4. The second kappa shape index (κ2) is 10.9. The minimum Gasteiger partial charge on any atom is -0.211 e. The number of rotatable bonds is 4. The molecule has 0 aromatic rings. The van der Waals surface area contributed by atoms with Crippen molar-refractivity contribution in [1.82, 2.24) is 0 Å². The fraction of sp³-hybridized carbons (Fsp3) is 0.600. The van der Waals surface area contributed by atoms with Gasteiger partial charge in [0.1, 0.15) is 0 Å². The number of hydrogen-bond acceptors (Lipinski definition) is 8. The Hall–Kier alpha value is -2.74. The van der Waals surface area contributed by atoms with Crippen LogP contribution in [0.1, 0.15) is 38.5 Å². The van der Waals surface area contributed by atoms with E-state index in [9.17, 15) is 19.2 Å². The van der Waals surface area contributed by atoms with Crippen LogP contribution in [0.3, 0.4) is 0 Å². The summed E-state index contributed by atoms with van der Waals surface area (Å²) in [6.07, 6.45) is 12.5. The molecule has 23 heavy (non-hydrogen) atoms. The van der Waals surface area contributed by atoms with Crippen LogP contribution in [-0.2, 0) is 19.2 Å². The molecule has 0 amide bonds. The molecule has 0 aromatic heterocycles. The third kappa shape index (κ3) is 7.18. The van der Waals surface area contributed by atoms with Gasteiger partial charge in [-0.1, -0.05) is 0 Å². The first kappa shape index (κ1) is 18.3. The molecule has 8 nitrogen and oxygen atoms in total. The predicted molar refractivity (Wildman–Crippen MR) is 79.6 cm³/mol. The summed E-state index contributed by atoms with van der Waals surface area (Å²) in [5.41, 5.74) is 0.656. The Bertz CT molecular complexity index is 595. The topological polar surface area (TPSA) is 118 Å². The van der Waals surface area contributed by atoms with Crippen LogP contribution in [0, 0.1) is 0 Å². The van der Waals surface area contributed by atoms with Gasteiger partial charge in [0.2, 0.25) is 24.3 Å². The van der Waals surface area contributed by atoms with Gasteiger partial charge < -0.3 is 0 Å². The summed E-state index contributed by atoms with van der Waals surface area (Å²) in [7, 11) is 0. The summed E-state index contributed by atoms with van der Waals surface area (Å²) < 4.78 is 0. The number of allylic oxidation sites excluding steroid dienone is 1. The molecular formula is C15H16N4O4. The molecule has 8 heteroatoms. The lowest BCUT2D eigenvalue weighted by molar-refractivity contribution is 0.392. The van der Waals surface area contributed by atoms with Gasteiger partial charge in [-0.2, -0.15) is 9.98 Å². The normalized spacial score (nSPS) is 25.0. The van der Waals surface area contributed by atoms with Crippen molar-refractivity contribution in [2.24, 2.45) is 20.0 Å². The first-order chi connectivity index (χ1) is 11.2. The van der Waals surface area contributed by atoms with E-state index in [1.165, 1.54) is 24.3 Å². The summed E-state index contributed by atoms with van der Waals surface area (Å²) in [4.78, 5) is 53.6. The monoisotopic (exact) mass is 316 g/mol. The van der Waals surface area contributed by atoms with Gasteiger partial charge in [0, 0.05) is 0 Å². The molecule has 120 valence electrons. The van der Waals surface area contributed by atoms with Crippen molar-refractivity contribution >= 4 is 24.3 Å². The van der Waals surface area contributed by atoms with Crippen LogP contribution in [0.15, 0.2) is 31.7 Å². The minimum absolute atomic E-state index is 0.0124. The standard InChI is InChI=1S/C8H10N2O2.C7H6N2O2/c11-5-9-7-2-1-3-8(4-7)10-6-12;10-4-8-6-1-2-7(3-6)9-5-11/h7-8H,1-4H2;3,6H,1-2H2. The van der Waals surface area contributed by atoms with Gasteiger partial charge in [0.05, 0.1) is 23.8 Å². The van der Waals surface area contributed by atoms with Crippen molar-refractivity contribution in [2.45, 2.75) is 56.7 Å². The van der Waals surface area contributed by atoms with Gasteiger partial charge in [-0.3, -0.25) is 0 Å². The Labute approximate surface area is 132 Å². The molecule has 0 saturated heterocycles. The van der Waals surface area contributed by atoms with Crippen molar-refractivity contribution in [3.8, 4) is 0 Å². The first-order valence-corrected chi connectivity index (χ1v) is 7.23. The Morgan fingerprint density at radius 2 is 1.43 bits per heavy atom. The van der Waals surface area contributed by atoms with Gasteiger partial charge in [0.15, 0.2) is 0 Å². The Balaban J connectivity index is 0.000000231. The summed E-state index contributed by atoms with van der Waals surface area (Å²) in [5, 5.41) is 0. The molecule has 2 rings (SSSR count). The van der Waals surface area contributed by atoms with E-state index in [0.717, 1.165) is 25.7 Å². The molecule has 1 saturated carbocycles. The summed E-state index contributed by atoms with van der Waals surface area (Å²) in [6.45, 7) is 0. The summed E-state index contributed by atoms with van der Waals surface area (Å²) >= 11 is 0. The second-order valence-corrected chi connectivity index (χ2v) is 5.10. The molecule has 0 aliphatic heterocycles. The third-order valence-electron chi connectivity index (χ3n) is 3.58. The zero-order valence-electron chi connectivity index (χ0n) is 12.5. The zero-order chi connectivity index (χ0) is 16.9. The SMILES string of the molecule is O=C=NC1=CC(N=C=O)CC1.O=C=NC1CCCC(N=C=O)C1. The molecule has 0 N–H and O–H groups in total. The predicted octanol–water partition coefficient (Wildman–Crippen LogP) is 1.67. The third-order valence-corrected chi connectivity index (χ3v) is 3.58. The van der Waals surface area contributed by atoms with E-state index >= 15 is 0 Å². The first-order valence-electron chi connectivity index (χ1n) is 7.23. The van der Waals surface area contributed by atoms with Crippen molar-refractivity contribution in [2.75, 3.05) is 0 Å². The molecule has 2 aliphatic rings. The fourth-order valence-corrected chi connectivity index (χ4v) is 2.53. The molecule has 0 bridgehead atoms. The highest BCUT2D eigenvalue weighted by atomic mass is 16.1. The highest BCUT2D eigenvalue weighted by Crippen LogP contribution is 2.22. The van der Waals surface area contributed by atoms with Crippen LogP contribution in [-0.4, -0.2) is 42.4 Å². The molecule has 0 radical (unpaired) electrons. The van der Waals surface area contributed by atoms with Crippen molar-refractivity contribution in [1.29, 1.82) is 0 Å². The van der Waals surface area contributed by atoms with Crippen LogP contribution in [0.5, 0.6) is 0 Å². The highest BCUT2D eigenvalue weighted by molar-refractivity contribution is 5.39. The summed E-state index contributed by atoms with van der Waals surface area (Å²) in [6, 6.07) is -0.115. The molecule has 1 fully saturated rings. The fourth-order valence-electron chi connectivity index (χ4n) is 2.53. The Morgan fingerprint density at radius 3 is 1.96 bits per heavy atom. The van der Waals surface area contributed by atoms with Gasteiger partial charge in [-0.05, 0) is 44.6 Å². The largest absolute Gasteiger partial charge is 0.240 e. The van der Waals surface area contributed by atoms with E-state index < -0.39 is 0 Å². The van der Waals surface area contributed by atoms with Gasteiger partial charge in [0.25, 0.3) is 0 Å². The van der Waals surface area contributed by atoms with Crippen LogP contribution in [0.2, 0.25) is 0 Å². The van der Waals surface area contributed by atoms with Crippen LogP contribution in [0.25, 0.3) is 0 Å². The quantitative estimate of drug-likeness (QED) is 0.579. The smallest absolute Gasteiger partial charge is 0.211 e. The lowest BCUT2D eigenvalue weighted by Gasteiger charge is -2.21. The van der Waals surface area contributed by atoms with Crippen molar-refractivity contribution in [3.05, 3.63) is 11.8 Å². The van der Waals surface area contributed by atoms with Gasteiger partial charge >= 0.3 is 0 Å². The maximum atomic E-state index is 9.94. The van der Waals surface area contributed by atoms with E-state index in [2.05, 4.69) is 20.0 Å². The number of aliphatic imine (C=N–C) groups is 4. The van der Waals surface area contributed by atoms with Crippen molar-refractivity contribution < 1.29 is 19.2 Å². The van der Waals surface area contributed by atoms with Gasteiger partial charge in [-0.15, -0.1) is 0 Å². The van der Waals surface area contributed by atoms with E-state index in [1.54, 1.807) is 6.08 Å². The number of hydrogen-bond donors (Lipinski definition) is 0. The Morgan fingerprint density at radius 1 is 0.826 bits per heavy atom. The average Bonchev–Trinajstić information content (AvgIpc) is 2.97. The molecule has 0 aromatic carbocycles. The molecule has 0 heterocycles. The average molecular weight is 316 g/mol. The summed E-state index contributed by atoms with van der Waals surface area (Å²) in [5.74, 6) is 0. The molecule has 0 spiro atoms. The van der Waals surface area contributed by atoms with Crippen LogP contribution < -0.4 is 0 Å². The second-order valence-electron chi connectivity index (χ2n) is 5.10. The Kier molecular flexibility index (Phi) is 8.69. The maximum absolute atomic E-state index is 9.94. The molecular weight excluding hydrogens is 300 g/mol. The van der Waals surface area contributed by atoms with Crippen molar-refractivity contribution in [3.63, 3.8) is 0 Å². The van der Waals surface area contributed by atoms with E-state index in [-0.39, 0.29) is 18.1 Å². The zero-order valence-corrected chi connectivity index (χ0v) is 12.5. The number of isocyanates is 4. The highest BCUT2D eigenvalue weighted by Gasteiger charge is 2.20.